The van der Waals surface area contributed by atoms with Crippen LogP contribution in [0.5, 0.6) is 0 Å². The van der Waals surface area contributed by atoms with Crippen LogP contribution in [0.15, 0.2) is 36.5 Å². The first-order chi connectivity index (χ1) is 11.2. The number of carbonyl (C=O) groups is 1. The molecule has 2 aliphatic rings. The molecule has 0 saturated carbocycles. The average Bonchev–Trinajstić information content (AvgIpc) is 3.13. The van der Waals surface area contributed by atoms with Crippen molar-refractivity contribution in [1.82, 2.24) is 20.0 Å². The SMILES string of the molecule is O=C(c1ccn(-c2cccc(Cl)c2)n1)N1CCC2CCC(C1)N2. The van der Waals surface area contributed by atoms with Gasteiger partial charge in [-0.3, -0.25) is 4.79 Å². The molecule has 4 rings (SSSR count). The molecule has 2 unspecified atom stereocenters. The van der Waals surface area contributed by atoms with Crippen LogP contribution in [-0.2, 0) is 0 Å². The van der Waals surface area contributed by atoms with Gasteiger partial charge in [-0.25, -0.2) is 4.68 Å². The molecule has 1 aromatic carbocycles. The highest BCUT2D eigenvalue weighted by Crippen LogP contribution is 2.21. The number of benzene rings is 1. The van der Waals surface area contributed by atoms with Gasteiger partial charge in [0.1, 0.15) is 0 Å². The monoisotopic (exact) mass is 330 g/mol. The molecule has 2 aromatic rings. The summed E-state index contributed by atoms with van der Waals surface area (Å²) in [6.07, 6.45) is 5.22. The molecule has 0 spiro atoms. The Morgan fingerprint density at radius 3 is 2.96 bits per heavy atom. The molecular weight excluding hydrogens is 312 g/mol. The van der Waals surface area contributed by atoms with Crippen molar-refractivity contribution in [2.24, 2.45) is 0 Å². The van der Waals surface area contributed by atoms with E-state index < -0.39 is 0 Å². The van der Waals surface area contributed by atoms with E-state index in [0.29, 0.717) is 22.8 Å². The summed E-state index contributed by atoms with van der Waals surface area (Å²) in [4.78, 5) is 14.7. The summed E-state index contributed by atoms with van der Waals surface area (Å²) < 4.78 is 1.70. The van der Waals surface area contributed by atoms with E-state index in [2.05, 4.69) is 10.4 Å². The van der Waals surface area contributed by atoms with Crippen molar-refractivity contribution in [3.05, 3.63) is 47.2 Å². The molecule has 0 aliphatic carbocycles. The van der Waals surface area contributed by atoms with E-state index in [9.17, 15) is 4.79 Å². The maximum absolute atomic E-state index is 12.7. The van der Waals surface area contributed by atoms with E-state index in [1.165, 1.54) is 6.42 Å². The van der Waals surface area contributed by atoms with Crippen molar-refractivity contribution in [2.45, 2.75) is 31.3 Å². The fourth-order valence-electron chi connectivity index (χ4n) is 3.49. The summed E-state index contributed by atoms with van der Waals surface area (Å²) in [5, 5.41) is 8.68. The lowest BCUT2D eigenvalue weighted by molar-refractivity contribution is 0.0742. The number of hydrogen-bond donors (Lipinski definition) is 1. The van der Waals surface area contributed by atoms with Crippen molar-refractivity contribution in [1.29, 1.82) is 0 Å². The third-order valence-electron chi connectivity index (χ3n) is 4.69. The number of rotatable bonds is 2. The molecular formula is C17H19ClN4O. The van der Waals surface area contributed by atoms with Crippen molar-refractivity contribution in [3.63, 3.8) is 0 Å². The lowest BCUT2D eigenvalue weighted by Crippen LogP contribution is -2.39. The minimum absolute atomic E-state index is 0.0140. The Hall–Kier alpha value is -1.85. The van der Waals surface area contributed by atoms with Gasteiger partial charge in [0.25, 0.3) is 5.91 Å². The van der Waals surface area contributed by atoms with E-state index in [0.717, 1.165) is 31.6 Å². The van der Waals surface area contributed by atoms with Gasteiger partial charge in [0.05, 0.1) is 5.69 Å². The average molecular weight is 331 g/mol. The maximum Gasteiger partial charge on any atom is 0.274 e. The first kappa shape index (κ1) is 14.7. The van der Waals surface area contributed by atoms with Crippen LogP contribution in [0.3, 0.4) is 0 Å². The number of hydrogen-bond acceptors (Lipinski definition) is 3. The first-order valence-electron chi connectivity index (χ1n) is 8.06. The normalized spacial score (nSPS) is 23.8. The standard InChI is InChI=1S/C17H19ClN4O/c18-12-2-1-3-15(10-12)22-9-7-16(20-22)17(23)21-8-6-13-4-5-14(11-21)19-13/h1-3,7,9-10,13-14,19H,4-6,8,11H2. The predicted octanol–water partition coefficient (Wildman–Crippen LogP) is 2.49. The molecule has 1 aromatic heterocycles. The van der Waals surface area contributed by atoms with E-state index in [1.54, 1.807) is 16.9 Å². The van der Waals surface area contributed by atoms with Crippen molar-refractivity contribution in [3.8, 4) is 5.69 Å². The van der Waals surface area contributed by atoms with Gasteiger partial charge in [0.2, 0.25) is 0 Å². The zero-order valence-electron chi connectivity index (χ0n) is 12.8. The van der Waals surface area contributed by atoms with Gasteiger partial charge in [-0.1, -0.05) is 17.7 Å². The van der Waals surface area contributed by atoms with Gasteiger partial charge in [-0.15, -0.1) is 0 Å². The van der Waals surface area contributed by atoms with Gasteiger partial charge in [-0.2, -0.15) is 5.10 Å². The van der Waals surface area contributed by atoms with Crippen LogP contribution in [-0.4, -0.2) is 45.8 Å². The van der Waals surface area contributed by atoms with Gasteiger partial charge in [-0.05, 0) is 43.5 Å². The topological polar surface area (TPSA) is 50.2 Å². The Bertz CT molecular complexity index is 729. The number of fused-ring (bicyclic) bond motifs is 2. The Morgan fingerprint density at radius 1 is 1.22 bits per heavy atom. The highest BCUT2D eigenvalue weighted by Gasteiger charge is 2.32. The smallest absolute Gasteiger partial charge is 0.274 e. The summed E-state index contributed by atoms with van der Waals surface area (Å²) in [5.74, 6) is 0.0140. The van der Waals surface area contributed by atoms with Crippen LogP contribution >= 0.6 is 11.6 Å². The van der Waals surface area contributed by atoms with E-state index in [1.807, 2.05) is 29.2 Å². The van der Waals surface area contributed by atoms with E-state index in [-0.39, 0.29) is 5.91 Å². The summed E-state index contributed by atoms with van der Waals surface area (Å²) >= 11 is 6.02. The number of halogens is 1. The lowest BCUT2D eigenvalue weighted by Gasteiger charge is -2.23. The highest BCUT2D eigenvalue weighted by molar-refractivity contribution is 6.30. The Morgan fingerprint density at radius 2 is 2.09 bits per heavy atom. The van der Waals surface area contributed by atoms with Crippen LogP contribution in [0.4, 0.5) is 0 Å². The molecule has 23 heavy (non-hydrogen) atoms. The molecule has 2 atom stereocenters. The second kappa shape index (κ2) is 5.98. The molecule has 2 bridgehead atoms. The lowest BCUT2D eigenvalue weighted by atomic mass is 10.1. The molecule has 1 N–H and O–H groups in total. The quantitative estimate of drug-likeness (QED) is 0.920. The molecule has 0 radical (unpaired) electrons. The maximum atomic E-state index is 12.7. The molecule has 3 heterocycles. The van der Waals surface area contributed by atoms with Crippen molar-refractivity contribution >= 4 is 17.5 Å². The van der Waals surface area contributed by atoms with E-state index >= 15 is 0 Å². The number of amides is 1. The van der Waals surface area contributed by atoms with Gasteiger partial charge >= 0.3 is 0 Å². The van der Waals surface area contributed by atoms with Crippen molar-refractivity contribution < 1.29 is 4.79 Å². The van der Waals surface area contributed by atoms with Crippen molar-refractivity contribution in [2.75, 3.05) is 13.1 Å². The van der Waals surface area contributed by atoms with Gasteiger partial charge < -0.3 is 10.2 Å². The number of aromatic nitrogens is 2. The molecule has 120 valence electrons. The Kier molecular flexibility index (Phi) is 3.83. The second-order valence-corrected chi connectivity index (χ2v) is 6.74. The van der Waals surface area contributed by atoms with E-state index in [4.69, 9.17) is 11.6 Å². The third-order valence-corrected chi connectivity index (χ3v) is 4.93. The van der Waals surface area contributed by atoms with Gasteiger partial charge in [0.15, 0.2) is 5.69 Å². The molecule has 2 fully saturated rings. The van der Waals surface area contributed by atoms with Crippen LogP contribution in [0, 0.1) is 0 Å². The second-order valence-electron chi connectivity index (χ2n) is 6.30. The van der Waals surface area contributed by atoms with Crippen LogP contribution in [0.2, 0.25) is 5.02 Å². The summed E-state index contributed by atoms with van der Waals surface area (Å²) in [6.45, 7) is 1.58. The number of likely N-dealkylation sites (tertiary alicyclic amines) is 1. The largest absolute Gasteiger partial charge is 0.336 e. The molecule has 2 saturated heterocycles. The first-order valence-corrected chi connectivity index (χ1v) is 8.44. The molecule has 1 amide bonds. The molecule has 6 heteroatoms. The molecule has 5 nitrogen and oxygen atoms in total. The van der Waals surface area contributed by atoms with Gasteiger partial charge in [0, 0.05) is 36.4 Å². The zero-order chi connectivity index (χ0) is 15.8. The fourth-order valence-corrected chi connectivity index (χ4v) is 3.67. The fraction of sp³-hybridized carbons (Fsp3) is 0.412. The summed E-state index contributed by atoms with van der Waals surface area (Å²) in [7, 11) is 0. The molecule has 2 aliphatic heterocycles. The highest BCUT2D eigenvalue weighted by atomic mass is 35.5. The summed E-state index contributed by atoms with van der Waals surface area (Å²) in [6, 6.07) is 10.2. The summed E-state index contributed by atoms with van der Waals surface area (Å²) in [5.41, 5.74) is 1.34. The third kappa shape index (κ3) is 2.99. The Labute approximate surface area is 140 Å². The Balaban J connectivity index is 1.53. The minimum Gasteiger partial charge on any atom is -0.336 e. The number of carbonyl (C=O) groups excluding carboxylic acids is 1. The predicted molar refractivity (Wildman–Crippen MR) is 89.0 cm³/mol. The number of nitrogens with one attached hydrogen (secondary N) is 1. The van der Waals surface area contributed by atoms with Crippen LogP contribution < -0.4 is 5.32 Å². The minimum atomic E-state index is 0.0140. The number of nitrogens with zero attached hydrogens (tertiary/aromatic N) is 3. The van der Waals surface area contributed by atoms with Crippen LogP contribution in [0.25, 0.3) is 5.69 Å². The van der Waals surface area contributed by atoms with Crippen LogP contribution in [0.1, 0.15) is 29.8 Å². The zero-order valence-corrected chi connectivity index (χ0v) is 13.5.